The van der Waals surface area contributed by atoms with Crippen LogP contribution >= 0.6 is 0 Å². The zero-order valence-electron chi connectivity index (χ0n) is 16.3. The zero-order valence-corrected chi connectivity index (χ0v) is 16.3. The first-order valence-electron chi connectivity index (χ1n) is 9.64. The van der Waals surface area contributed by atoms with Crippen LogP contribution in [0.15, 0.2) is 24.3 Å². The van der Waals surface area contributed by atoms with Gasteiger partial charge in [-0.1, -0.05) is 52.9 Å². The SMILES string of the molecule is CC(C)CCCC(C)CCCC(C)(O)C(O)CNc1ccc(O)cc1. The van der Waals surface area contributed by atoms with Crippen molar-refractivity contribution in [2.45, 2.75) is 77.9 Å². The van der Waals surface area contributed by atoms with Crippen molar-refractivity contribution in [2.75, 3.05) is 11.9 Å². The smallest absolute Gasteiger partial charge is 0.115 e. The highest BCUT2D eigenvalue weighted by molar-refractivity contribution is 5.46. The Bertz CT molecular complexity index is 471. The molecule has 3 unspecified atom stereocenters. The minimum Gasteiger partial charge on any atom is -0.508 e. The van der Waals surface area contributed by atoms with Gasteiger partial charge < -0.3 is 20.6 Å². The highest BCUT2D eigenvalue weighted by atomic mass is 16.3. The van der Waals surface area contributed by atoms with E-state index in [9.17, 15) is 15.3 Å². The van der Waals surface area contributed by atoms with Crippen molar-refractivity contribution >= 4 is 5.69 Å². The molecule has 0 fully saturated rings. The van der Waals surface area contributed by atoms with Gasteiger partial charge in [0.2, 0.25) is 0 Å². The number of aromatic hydroxyl groups is 1. The van der Waals surface area contributed by atoms with Crippen molar-refractivity contribution in [1.29, 1.82) is 0 Å². The molecule has 0 aliphatic carbocycles. The Labute approximate surface area is 153 Å². The molecule has 0 saturated carbocycles. The molecule has 4 N–H and O–H groups in total. The van der Waals surface area contributed by atoms with Crippen molar-refractivity contribution in [1.82, 2.24) is 0 Å². The zero-order chi connectivity index (χ0) is 18.9. The molecule has 1 aromatic carbocycles. The van der Waals surface area contributed by atoms with Gasteiger partial charge in [-0.05, 0) is 49.4 Å². The fourth-order valence-electron chi connectivity index (χ4n) is 3.01. The first kappa shape index (κ1) is 21.8. The van der Waals surface area contributed by atoms with Crippen LogP contribution in [0.5, 0.6) is 5.75 Å². The molecule has 0 bridgehead atoms. The second-order valence-electron chi connectivity index (χ2n) is 8.12. The standard InChI is InChI=1S/C21H37NO3/c1-16(2)7-5-8-17(3)9-6-14-21(4,25)20(24)15-22-18-10-12-19(23)13-11-18/h10-13,16-17,20,22-25H,5-9,14-15H2,1-4H3. The Morgan fingerprint density at radius 1 is 1.00 bits per heavy atom. The normalized spacial score (nSPS) is 16.4. The summed E-state index contributed by atoms with van der Waals surface area (Å²) >= 11 is 0. The maximum Gasteiger partial charge on any atom is 0.115 e. The molecule has 0 aromatic heterocycles. The molecule has 3 atom stereocenters. The predicted octanol–water partition coefficient (Wildman–Crippen LogP) is 4.55. The Morgan fingerprint density at radius 3 is 2.20 bits per heavy atom. The Balaban J connectivity index is 2.27. The van der Waals surface area contributed by atoms with Crippen LogP contribution in [0.1, 0.15) is 66.2 Å². The molecular formula is C21H37NO3. The fraction of sp³-hybridized carbons (Fsp3) is 0.714. The molecule has 0 aliphatic heterocycles. The number of hydrogen-bond acceptors (Lipinski definition) is 4. The summed E-state index contributed by atoms with van der Waals surface area (Å²) in [7, 11) is 0. The monoisotopic (exact) mass is 351 g/mol. The number of nitrogens with one attached hydrogen (secondary N) is 1. The number of phenols is 1. The Kier molecular flexibility index (Phi) is 9.30. The second kappa shape index (κ2) is 10.7. The first-order chi connectivity index (χ1) is 11.7. The molecule has 0 aliphatic rings. The summed E-state index contributed by atoms with van der Waals surface area (Å²) in [5, 5.41) is 33.2. The summed E-state index contributed by atoms with van der Waals surface area (Å²) in [6.45, 7) is 8.78. The van der Waals surface area contributed by atoms with E-state index >= 15 is 0 Å². The van der Waals surface area contributed by atoms with Crippen LogP contribution in [-0.4, -0.2) is 33.6 Å². The van der Waals surface area contributed by atoms with Crippen LogP contribution in [0, 0.1) is 11.8 Å². The van der Waals surface area contributed by atoms with Crippen molar-refractivity contribution in [2.24, 2.45) is 11.8 Å². The van der Waals surface area contributed by atoms with Crippen LogP contribution in [0.4, 0.5) is 5.69 Å². The van der Waals surface area contributed by atoms with Gasteiger partial charge in [0.15, 0.2) is 0 Å². The molecule has 4 nitrogen and oxygen atoms in total. The number of aliphatic hydroxyl groups excluding tert-OH is 1. The molecule has 144 valence electrons. The Hall–Kier alpha value is -1.26. The van der Waals surface area contributed by atoms with E-state index in [0.717, 1.165) is 24.4 Å². The van der Waals surface area contributed by atoms with E-state index in [-0.39, 0.29) is 12.3 Å². The van der Waals surface area contributed by atoms with E-state index in [1.54, 1.807) is 31.2 Å². The van der Waals surface area contributed by atoms with E-state index < -0.39 is 11.7 Å². The molecule has 1 rings (SSSR count). The van der Waals surface area contributed by atoms with Crippen LogP contribution in [0.3, 0.4) is 0 Å². The molecule has 1 aromatic rings. The summed E-state index contributed by atoms with van der Waals surface area (Å²) in [5.74, 6) is 1.64. The largest absolute Gasteiger partial charge is 0.508 e. The lowest BCUT2D eigenvalue weighted by atomic mass is 9.89. The minimum atomic E-state index is -1.10. The third-order valence-electron chi connectivity index (χ3n) is 4.94. The van der Waals surface area contributed by atoms with Gasteiger partial charge in [-0.25, -0.2) is 0 Å². The van der Waals surface area contributed by atoms with Gasteiger partial charge in [0.1, 0.15) is 5.75 Å². The summed E-state index contributed by atoms with van der Waals surface area (Å²) in [6, 6.07) is 6.67. The lowest BCUT2D eigenvalue weighted by Gasteiger charge is -2.30. The van der Waals surface area contributed by atoms with E-state index in [2.05, 4.69) is 26.1 Å². The average Bonchev–Trinajstić information content (AvgIpc) is 2.53. The number of rotatable bonds is 12. The molecule has 0 saturated heterocycles. The van der Waals surface area contributed by atoms with E-state index in [1.165, 1.54) is 19.3 Å². The lowest BCUT2D eigenvalue weighted by molar-refractivity contribution is -0.0617. The van der Waals surface area contributed by atoms with E-state index in [1.807, 2.05) is 0 Å². The topological polar surface area (TPSA) is 72.7 Å². The number of aliphatic hydroxyl groups is 2. The molecule has 0 radical (unpaired) electrons. The van der Waals surface area contributed by atoms with E-state index in [0.29, 0.717) is 12.3 Å². The molecule has 0 heterocycles. The molecular weight excluding hydrogens is 314 g/mol. The summed E-state index contributed by atoms with van der Waals surface area (Å²) in [5.41, 5.74) is -0.284. The van der Waals surface area contributed by atoms with Gasteiger partial charge in [0, 0.05) is 12.2 Å². The van der Waals surface area contributed by atoms with Crippen LogP contribution < -0.4 is 5.32 Å². The lowest BCUT2D eigenvalue weighted by Crippen LogP contribution is -2.43. The van der Waals surface area contributed by atoms with Gasteiger partial charge in [-0.15, -0.1) is 0 Å². The third kappa shape index (κ3) is 9.13. The average molecular weight is 352 g/mol. The van der Waals surface area contributed by atoms with Crippen molar-refractivity contribution in [3.63, 3.8) is 0 Å². The van der Waals surface area contributed by atoms with Crippen molar-refractivity contribution in [3.05, 3.63) is 24.3 Å². The maximum absolute atomic E-state index is 10.5. The molecule has 4 heteroatoms. The van der Waals surface area contributed by atoms with Crippen molar-refractivity contribution < 1.29 is 15.3 Å². The molecule has 25 heavy (non-hydrogen) atoms. The quantitative estimate of drug-likeness (QED) is 0.417. The van der Waals surface area contributed by atoms with Gasteiger partial charge in [0.25, 0.3) is 0 Å². The van der Waals surface area contributed by atoms with Gasteiger partial charge >= 0.3 is 0 Å². The predicted molar refractivity (Wildman–Crippen MR) is 105 cm³/mol. The number of hydrogen-bond donors (Lipinski definition) is 4. The number of anilines is 1. The van der Waals surface area contributed by atoms with E-state index in [4.69, 9.17) is 0 Å². The highest BCUT2D eigenvalue weighted by Gasteiger charge is 2.29. The maximum atomic E-state index is 10.5. The molecule has 0 amide bonds. The third-order valence-corrected chi connectivity index (χ3v) is 4.94. The number of benzene rings is 1. The Morgan fingerprint density at radius 2 is 1.60 bits per heavy atom. The van der Waals surface area contributed by atoms with Gasteiger partial charge in [0.05, 0.1) is 11.7 Å². The number of phenolic OH excluding ortho intramolecular Hbond substituents is 1. The van der Waals surface area contributed by atoms with Gasteiger partial charge in [-0.3, -0.25) is 0 Å². The summed E-state index contributed by atoms with van der Waals surface area (Å²) < 4.78 is 0. The van der Waals surface area contributed by atoms with Crippen LogP contribution in [0.25, 0.3) is 0 Å². The highest BCUT2D eigenvalue weighted by Crippen LogP contribution is 2.23. The van der Waals surface area contributed by atoms with Crippen molar-refractivity contribution in [3.8, 4) is 5.75 Å². The van der Waals surface area contributed by atoms with Crippen LogP contribution in [0.2, 0.25) is 0 Å². The summed E-state index contributed by atoms with van der Waals surface area (Å²) in [6.07, 6.45) is 5.57. The fourth-order valence-corrected chi connectivity index (χ4v) is 3.01. The minimum absolute atomic E-state index is 0.209. The second-order valence-corrected chi connectivity index (χ2v) is 8.12. The van der Waals surface area contributed by atoms with Gasteiger partial charge in [-0.2, -0.15) is 0 Å². The molecule has 0 spiro atoms. The van der Waals surface area contributed by atoms with Crippen LogP contribution in [-0.2, 0) is 0 Å². The summed E-state index contributed by atoms with van der Waals surface area (Å²) in [4.78, 5) is 0. The first-order valence-corrected chi connectivity index (χ1v) is 9.64.